The molecule has 2 aliphatic rings. The lowest BCUT2D eigenvalue weighted by Gasteiger charge is -2.38. The zero-order valence-electron chi connectivity index (χ0n) is 10.2. The van der Waals surface area contributed by atoms with Gasteiger partial charge in [0.05, 0.1) is 19.8 Å². The van der Waals surface area contributed by atoms with E-state index in [1.807, 2.05) is 4.90 Å². The van der Waals surface area contributed by atoms with E-state index in [1.165, 1.54) is 0 Å². The summed E-state index contributed by atoms with van der Waals surface area (Å²) in [4.78, 5) is 18.1. The summed E-state index contributed by atoms with van der Waals surface area (Å²) in [7, 11) is 0. The number of amides is 1. The van der Waals surface area contributed by atoms with E-state index in [-0.39, 0.29) is 5.91 Å². The fourth-order valence-electron chi connectivity index (χ4n) is 2.57. The first kappa shape index (κ1) is 11.6. The van der Waals surface area contributed by atoms with Crippen molar-refractivity contribution < 1.29 is 14.3 Å². The van der Waals surface area contributed by atoms with Crippen LogP contribution in [0.4, 0.5) is 0 Å². The standard InChI is InChI=1S/C13H16N2O3/c16-12(11-2-5-14-6-3-11)15-7-1-4-13(10-15)17-8-9-18-13/h2-3,5-6H,1,4,7-10H2. The highest BCUT2D eigenvalue weighted by Crippen LogP contribution is 2.30. The number of carbonyl (C=O) groups is 1. The second-order valence-corrected chi connectivity index (χ2v) is 4.67. The fraction of sp³-hybridized carbons (Fsp3) is 0.538. The van der Waals surface area contributed by atoms with Gasteiger partial charge in [0.1, 0.15) is 0 Å². The van der Waals surface area contributed by atoms with Crippen LogP contribution >= 0.6 is 0 Å². The molecule has 1 spiro atoms. The van der Waals surface area contributed by atoms with Crippen molar-refractivity contribution in [3.8, 4) is 0 Å². The monoisotopic (exact) mass is 248 g/mol. The lowest BCUT2D eigenvalue weighted by atomic mass is 10.0. The van der Waals surface area contributed by atoms with Crippen molar-refractivity contribution in [2.75, 3.05) is 26.3 Å². The molecule has 0 aromatic carbocycles. The number of piperidine rings is 1. The van der Waals surface area contributed by atoms with Crippen LogP contribution in [0.3, 0.4) is 0 Å². The molecule has 0 unspecified atom stereocenters. The second kappa shape index (κ2) is 4.66. The van der Waals surface area contributed by atoms with E-state index in [1.54, 1.807) is 24.5 Å². The maximum Gasteiger partial charge on any atom is 0.254 e. The second-order valence-electron chi connectivity index (χ2n) is 4.67. The van der Waals surface area contributed by atoms with E-state index in [0.717, 1.165) is 19.4 Å². The molecule has 0 radical (unpaired) electrons. The normalized spacial score (nSPS) is 22.3. The van der Waals surface area contributed by atoms with E-state index >= 15 is 0 Å². The molecule has 2 aliphatic heterocycles. The molecule has 18 heavy (non-hydrogen) atoms. The molecule has 0 N–H and O–H groups in total. The molecular weight excluding hydrogens is 232 g/mol. The third-order valence-corrected chi connectivity index (χ3v) is 3.45. The predicted molar refractivity (Wildman–Crippen MR) is 64.0 cm³/mol. The van der Waals surface area contributed by atoms with Crippen molar-refractivity contribution in [2.24, 2.45) is 0 Å². The molecule has 0 aliphatic carbocycles. The predicted octanol–water partition coefficient (Wildman–Crippen LogP) is 1.06. The zero-order chi connectivity index (χ0) is 12.4. The van der Waals surface area contributed by atoms with Crippen molar-refractivity contribution >= 4 is 5.91 Å². The Morgan fingerprint density at radius 2 is 2.00 bits per heavy atom. The van der Waals surface area contributed by atoms with Gasteiger partial charge in [0.25, 0.3) is 5.91 Å². The minimum Gasteiger partial charge on any atom is -0.346 e. The average molecular weight is 248 g/mol. The van der Waals surface area contributed by atoms with Crippen molar-refractivity contribution in [1.82, 2.24) is 9.88 Å². The summed E-state index contributed by atoms with van der Waals surface area (Å²) in [6.45, 7) is 2.53. The Kier molecular flexibility index (Phi) is 3.01. The molecule has 5 nitrogen and oxygen atoms in total. The highest BCUT2D eigenvalue weighted by atomic mass is 16.7. The van der Waals surface area contributed by atoms with Crippen LogP contribution in [0, 0.1) is 0 Å². The minimum absolute atomic E-state index is 0.0237. The topological polar surface area (TPSA) is 51.7 Å². The van der Waals surface area contributed by atoms with Crippen molar-refractivity contribution in [2.45, 2.75) is 18.6 Å². The summed E-state index contributed by atoms with van der Waals surface area (Å²) < 4.78 is 11.3. The Morgan fingerprint density at radius 1 is 1.28 bits per heavy atom. The van der Waals surface area contributed by atoms with Gasteiger partial charge in [-0.25, -0.2) is 0 Å². The highest BCUT2D eigenvalue weighted by molar-refractivity contribution is 5.94. The van der Waals surface area contributed by atoms with E-state index in [9.17, 15) is 4.79 Å². The van der Waals surface area contributed by atoms with Gasteiger partial charge in [0.2, 0.25) is 0 Å². The molecule has 2 fully saturated rings. The number of carbonyl (C=O) groups excluding carboxylic acids is 1. The van der Waals surface area contributed by atoms with Crippen molar-refractivity contribution in [3.63, 3.8) is 0 Å². The molecule has 1 amide bonds. The van der Waals surface area contributed by atoms with Crippen molar-refractivity contribution in [3.05, 3.63) is 30.1 Å². The van der Waals surface area contributed by atoms with Crippen LogP contribution in [0.15, 0.2) is 24.5 Å². The van der Waals surface area contributed by atoms with Gasteiger partial charge in [-0.2, -0.15) is 0 Å². The van der Waals surface area contributed by atoms with E-state index in [0.29, 0.717) is 25.3 Å². The molecule has 5 heteroatoms. The Morgan fingerprint density at radius 3 is 2.72 bits per heavy atom. The number of ether oxygens (including phenoxy) is 2. The quantitative estimate of drug-likeness (QED) is 0.745. The number of rotatable bonds is 1. The Labute approximate surface area is 106 Å². The molecule has 3 heterocycles. The lowest BCUT2D eigenvalue weighted by molar-refractivity contribution is -0.183. The van der Waals surface area contributed by atoms with Gasteiger partial charge in [-0.1, -0.05) is 0 Å². The van der Waals surface area contributed by atoms with Gasteiger partial charge in [0, 0.05) is 30.9 Å². The Bertz CT molecular complexity index is 429. The number of hydrogen-bond acceptors (Lipinski definition) is 4. The first-order valence-corrected chi connectivity index (χ1v) is 6.26. The summed E-state index contributed by atoms with van der Waals surface area (Å²) in [5.41, 5.74) is 0.667. The lowest BCUT2D eigenvalue weighted by Crippen LogP contribution is -2.51. The van der Waals surface area contributed by atoms with Crippen LogP contribution in [-0.4, -0.2) is 47.9 Å². The summed E-state index contributed by atoms with van der Waals surface area (Å²) in [6.07, 6.45) is 5.05. The molecule has 0 bridgehead atoms. The Hall–Kier alpha value is -1.46. The number of likely N-dealkylation sites (tertiary alicyclic amines) is 1. The van der Waals surface area contributed by atoms with Crippen molar-refractivity contribution in [1.29, 1.82) is 0 Å². The SMILES string of the molecule is O=C(c1ccncc1)N1CCCC2(C1)OCCO2. The van der Waals surface area contributed by atoms with Gasteiger partial charge in [-0.05, 0) is 18.6 Å². The molecule has 0 saturated carbocycles. The Balaban J connectivity index is 1.74. The maximum atomic E-state index is 12.3. The largest absolute Gasteiger partial charge is 0.346 e. The van der Waals surface area contributed by atoms with Crippen LogP contribution in [0.25, 0.3) is 0 Å². The molecule has 0 atom stereocenters. The van der Waals surface area contributed by atoms with Crippen LogP contribution in [-0.2, 0) is 9.47 Å². The van der Waals surface area contributed by atoms with Gasteiger partial charge in [0.15, 0.2) is 5.79 Å². The van der Waals surface area contributed by atoms with Gasteiger partial charge >= 0.3 is 0 Å². The summed E-state index contributed by atoms with van der Waals surface area (Å²) in [6, 6.07) is 3.47. The average Bonchev–Trinajstić information content (AvgIpc) is 2.87. The maximum absolute atomic E-state index is 12.3. The number of aromatic nitrogens is 1. The molecule has 1 aromatic rings. The molecule has 1 aromatic heterocycles. The molecule has 96 valence electrons. The summed E-state index contributed by atoms with van der Waals surface area (Å²) in [5, 5.41) is 0. The fourth-order valence-corrected chi connectivity index (χ4v) is 2.57. The van der Waals surface area contributed by atoms with Crippen LogP contribution < -0.4 is 0 Å². The molecule has 2 saturated heterocycles. The van der Waals surface area contributed by atoms with Crippen LogP contribution in [0.1, 0.15) is 23.2 Å². The smallest absolute Gasteiger partial charge is 0.254 e. The number of nitrogens with zero attached hydrogens (tertiary/aromatic N) is 2. The van der Waals surface area contributed by atoms with Gasteiger partial charge in [-0.3, -0.25) is 9.78 Å². The summed E-state index contributed by atoms with van der Waals surface area (Å²) in [5.74, 6) is -0.531. The first-order valence-electron chi connectivity index (χ1n) is 6.26. The zero-order valence-corrected chi connectivity index (χ0v) is 10.2. The molecular formula is C13H16N2O3. The van der Waals surface area contributed by atoms with E-state index < -0.39 is 5.79 Å². The van der Waals surface area contributed by atoms with Gasteiger partial charge in [-0.15, -0.1) is 0 Å². The van der Waals surface area contributed by atoms with Crippen LogP contribution in [0.2, 0.25) is 0 Å². The van der Waals surface area contributed by atoms with Crippen LogP contribution in [0.5, 0.6) is 0 Å². The first-order chi connectivity index (χ1) is 8.79. The van der Waals surface area contributed by atoms with E-state index in [2.05, 4.69) is 4.98 Å². The summed E-state index contributed by atoms with van der Waals surface area (Å²) >= 11 is 0. The third-order valence-electron chi connectivity index (χ3n) is 3.45. The minimum atomic E-state index is -0.555. The van der Waals surface area contributed by atoms with E-state index in [4.69, 9.17) is 9.47 Å². The number of hydrogen-bond donors (Lipinski definition) is 0. The number of pyridine rings is 1. The van der Waals surface area contributed by atoms with Gasteiger partial charge < -0.3 is 14.4 Å². The molecule has 3 rings (SSSR count). The third kappa shape index (κ3) is 2.11. The highest BCUT2D eigenvalue weighted by Gasteiger charge is 2.42.